The molecule has 0 aromatic heterocycles. The van der Waals surface area contributed by atoms with E-state index in [9.17, 15) is 13.2 Å². The van der Waals surface area contributed by atoms with Crippen LogP contribution in [-0.2, 0) is 20.7 Å². The first-order chi connectivity index (χ1) is 21.1. The first-order valence-electron chi connectivity index (χ1n) is 15.4. The van der Waals surface area contributed by atoms with Crippen LogP contribution in [-0.4, -0.2) is 57.1 Å². The number of nitrogens with one attached hydrogen (secondary N) is 1. The Balaban J connectivity index is 1.43. The molecule has 0 bridgehead atoms. The Morgan fingerprint density at radius 2 is 1.70 bits per heavy atom. The number of fused-ring (bicyclic) bond motifs is 1. The highest BCUT2D eigenvalue weighted by atomic mass is 32.2. The summed E-state index contributed by atoms with van der Waals surface area (Å²) in [6, 6.07) is 12.5. The van der Waals surface area contributed by atoms with Crippen molar-refractivity contribution in [1.29, 1.82) is 0 Å². The fourth-order valence-corrected chi connectivity index (χ4v) is 6.96. The Labute approximate surface area is 257 Å². The Morgan fingerprint density at radius 3 is 2.43 bits per heavy atom. The van der Waals surface area contributed by atoms with Gasteiger partial charge < -0.3 is 20.1 Å². The minimum atomic E-state index is -4.56. The number of carbonyl (C=O) groups excluding carboxylic acids is 1. The number of nitrogens with two attached hydrogens (primary N) is 1. The van der Waals surface area contributed by atoms with Gasteiger partial charge in [-0.1, -0.05) is 37.6 Å². The van der Waals surface area contributed by atoms with Crippen LogP contribution < -0.4 is 19.9 Å². The van der Waals surface area contributed by atoms with Crippen LogP contribution in [0.3, 0.4) is 0 Å². The van der Waals surface area contributed by atoms with Crippen LogP contribution in [0, 0.1) is 0 Å². The largest absolute Gasteiger partial charge is 0.494 e. The van der Waals surface area contributed by atoms with Gasteiger partial charge in [0.1, 0.15) is 11.5 Å². The third-order valence-corrected chi connectivity index (χ3v) is 9.84. The quantitative estimate of drug-likeness (QED) is 0.248. The van der Waals surface area contributed by atoms with E-state index >= 15 is 8.78 Å². The van der Waals surface area contributed by atoms with E-state index < -0.39 is 33.5 Å². The van der Waals surface area contributed by atoms with Crippen molar-refractivity contribution in [2.24, 2.45) is 5.73 Å². The molecule has 3 N–H and O–H groups in total. The van der Waals surface area contributed by atoms with Crippen LogP contribution in [0.15, 0.2) is 65.6 Å². The summed E-state index contributed by atoms with van der Waals surface area (Å²) in [4.78, 5) is 14.7. The van der Waals surface area contributed by atoms with Gasteiger partial charge in [-0.2, -0.15) is 13.5 Å². The Kier molecular flexibility index (Phi) is 10.1. The zero-order chi connectivity index (χ0) is 31.3. The molecule has 0 radical (unpaired) electrons. The van der Waals surface area contributed by atoms with Crippen LogP contribution in [0.25, 0.3) is 10.8 Å². The monoisotopic (exact) mass is 629 g/mol. The molecular weight excluding hydrogens is 588 g/mol. The van der Waals surface area contributed by atoms with E-state index in [2.05, 4.69) is 4.72 Å². The summed E-state index contributed by atoms with van der Waals surface area (Å²) < 4.78 is 73.7. The maximum Gasteiger partial charge on any atom is 0.298 e. The van der Waals surface area contributed by atoms with Crippen LogP contribution in [0.1, 0.15) is 63.9 Å². The number of rotatable bonds is 12. The van der Waals surface area contributed by atoms with Crippen molar-refractivity contribution in [2.75, 3.05) is 19.7 Å². The molecule has 0 spiro atoms. The van der Waals surface area contributed by atoms with Gasteiger partial charge in [0.05, 0.1) is 17.6 Å². The number of nitrogens with zero attached hydrogens (tertiary/aromatic N) is 1. The molecule has 1 aliphatic carbocycles. The number of amides is 1. The lowest BCUT2D eigenvalue weighted by Gasteiger charge is -2.35. The Hall–Kier alpha value is -3.28. The molecule has 5 rings (SSSR count). The van der Waals surface area contributed by atoms with Crippen LogP contribution in [0.4, 0.5) is 8.78 Å². The lowest BCUT2D eigenvalue weighted by Crippen LogP contribution is -2.57. The number of benzene rings is 3. The van der Waals surface area contributed by atoms with E-state index in [1.807, 2.05) is 13.0 Å². The average molecular weight is 630 g/mol. The van der Waals surface area contributed by atoms with Gasteiger partial charge in [0.2, 0.25) is 15.9 Å². The van der Waals surface area contributed by atoms with E-state index in [1.165, 1.54) is 29.2 Å². The second-order valence-electron chi connectivity index (χ2n) is 11.8. The molecule has 3 aromatic rings. The minimum Gasteiger partial charge on any atom is -0.494 e. The molecular formula is C33H41F2N3O5S. The van der Waals surface area contributed by atoms with E-state index in [0.717, 1.165) is 50.0 Å². The van der Waals surface area contributed by atoms with Crippen molar-refractivity contribution in [3.63, 3.8) is 0 Å². The SMILES string of the molecule is CCCCOc1cccc(C(F)(F)[C@@H](NS(=O)(=O)c2ccc3cc(OC4CCCC4)ccc3c2)C(=O)N2CCC(N)CC2)c1. The molecule has 44 heavy (non-hydrogen) atoms. The van der Waals surface area contributed by atoms with Crippen LogP contribution in [0.2, 0.25) is 0 Å². The van der Waals surface area contributed by atoms with Gasteiger partial charge in [-0.15, -0.1) is 0 Å². The summed E-state index contributed by atoms with van der Waals surface area (Å²) in [5, 5.41) is 1.35. The van der Waals surface area contributed by atoms with Crippen molar-refractivity contribution in [3.8, 4) is 11.5 Å². The van der Waals surface area contributed by atoms with Gasteiger partial charge in [-0.3, -0.25) is 4.79 Å². The molecule has 1 atom stereocenters. The minimum absolute atomic E-state index is 0.145. The third-order valence-electron chi connectivity index (χ3n) is 8.42. The van der Waals surface area contributed by atoms with Gasteiger partial charge in [0, 0.05) is 24.7 Å². The fraction of sp³-hybridized carbons (Fsp3) is 0.485. The molecule has 238 valence electrons. The smallest absolute Gasteiger partial charge is 0.298 e. The Bertz CT molecular complexity index is 1550. The lowest BCUT2D eigenvalue weighted by molar-refractivity contribution is -0.145. The number of likely N-dealkylation sites (tertiary alicyclic amines) is 1. The van der Waals surface area contributed by atoms with Crippen molar-refractivity contribution < 1.29 is 31.5 Å². The van der Waals surface area contributed by atoms with E-state index in [0.29, 0.717) is 30.6 Å². The fourth-order valence-electron chi connectivity index (χ4n) is 5.74. The molecule has 1 saturated heterocycles. The highest BCUT2D eigenvalue weighted by molar-refractivity contribution is 7.89. The second kappa shape index (κ2) is 13.8. The van der Waals surface area contributed by atoms with Crippen LogP contribution in [0.5, 0.6) is 11.5 Å². The summed E-state index contributed by atoms with van der Waals surface area (Å²) >= 11 is 0. The topological polar surface area (TPSA) is 111 Å². The van der Waals surface area contributed by atoms with Gasteiger partial charge in [-0.25, -0.2) is 8.42 Å². The van der Waals surface area contributed by atoms with Gasteiger partial charge in [0.25, 0.3) is 5.92 Å². The second-order valence-corrected chi connectivity index (χ2v) is 13.5. The zero-order valence-corrected chi connectivity index (χ0v) is 25.8. The first-order valence-corrected chi connectivity index (χ1v) is 16.9. The summed E-state index contributed by atoms with van der Waals surface area (Å²) in [5.41, 5.74) is 5.45. The number of hydrogen-bond acceptors (Lipinski definition) is 6. The normalized spacial score (nSPS) is 17.6. The average Bonchev–Trinajstić information content (AvgIpc) is 3.53. The Morgan fingerprint density at radius 1 is 1.00 bits per heavy atom. The molecule has 3 aromatic carbocycles. The van der Waals surface area contributed by atoms with E-state index in [1.54, 1.807) is 24.3 Å². The third kappa shape index (κ3) is 7.50. The van der Waals surface area contributed by atoms with Gasteiger partial charge in [-0.05, 0) is 92.1 Å². The number of unbranched alkanes of at least 4 members (excludes halogenated alkanes) is 1. The predicted molar refractivity (Wildman–Crippen MR) is 165 cm³/mol. The van der Waals surface area contributed by atoms with Crippen molar-refractivity contribution in [2.45, 2.75) is 87.3 Å². The maximum absolute atomic E-state index is 16.3. The molecule has 11 heteroatoms. The van der Waals surface area contributed by atoms with Crippen LogP contribution >= 0.6 is 0 Å². The number of carbonyl (C=O) groups is 1. The summed E-state index contributed by atoms with van der Waals surface area (Å²) in [7, 11) is -4.56. The molecule has 1 aliphatic heterocycles. The van der Waals surface area contributed by atoms with Crippen molar-refractivity contribution in [1.82, 2.24) is 9.62 Å². The van der Waals surface area contributed by atoms with Crippen molar-refractivity contribution >= 4 is 26.7 Å². The number of sulfonamides is 1. The van der Waals surface area contributed by atoms with Crippen molar-refractivity contribution in [3.05, 3.63) is 66.2 Å². The molecule has 2 fully saturated rings. The number of ether oxygens (including phenoxy) is 2. The standard InChI is InChI=1S/C33H41F2N3O5S/c1-2-3-19-42-28-10-6-7-25(22-28)33(34,35)31(32(39)38-17-15-26(36)16-18-38)37-44(40,41)30-14-12-23-20-29(13-11-24(23)21-30)43-27-8-4-5-9-27/h6-7,10-14,20-22,26-27,31,37H,2-5,8-9,15-19,36H2,1H3/t31-/m0/s1. The molecule has 2 aliphatic rings. The highest BCUT2D eigenvalue weighted by Crippen LogP contribution is 2.36. The molecule has 1 heterocycles. The number of piperidine rings is 1. The number of alkyl halides is 2. The molecule has 0 unspecified atom stereocenters. The molecule has 8 nitrogen and oxygen atoms in total. The highest BCUT2D eigenvalue weighted by Gasteiger charge is 2.50. The predicted octanol–water partition coefficient (Wildman–Crippen LogP) is 5.73. The van der Waals surface area contributed by atoms with Gasteiger partial charge >= 0.3 is 0 Å². The lowest BCUT2D eigenvalue weighted by atomic mass is 9.98. The van der Waals surface area contributed by atoms with E-state index in [4.69, 9.17) is 15.2 Å². The molecule has 1 saturated carbocycles. The summed E-state index contributed by atoms with van der Waals surface area (Å²) in [6.07, 6.45) is 6.96. The summed E-state index contributed by atoms with van der Waals surface area (Å²) in [6.45, 7) is 2.66. The number of halogens is 2. The maximum atomic E-state index is 16.3. The number of hydrogen-bond donors (Lipinski definition) is 2. The molecule has 1 amide bonds. The van der Waals surface area contributed by atoms with E-state index in [-0.39, 0.29) is 35.9 Å². The summed E-state index contributed by atoms with van der Waals surface area (Å²) in [5.74, 6) is -3.97. The zero-order valence-electron chi connectivity index (χ0n) is 25.0. The first kappa shape index (κ1) is 32.1. The van der Waals surface area contributed by atoms with Gasteiger partial charge in [0.15, 0.2) is 6.04 Å².